The Morgan fingerprint density at radius 1 is 1.56 bits per heavy atom. The summed E-state index contributed by atoms with van der Waals surface area (Å²) in [5, 5.41) is 10.1. The number of aromatic amines is 1. The van der Waals surface area contributed by atoms with Crippen LogP contribution >= 0.6 is 11.8 Å². The van der Waals surface area contributed by atoms with Gasteiger partial charge in [0.15, 0.2) is 0 Å². The molecular weight excluding hydrogens is 254 g/mol. The van der Waals surface area contributed by atoms with Crippen molar-refractivity contribution >= 4 is 17.7 Å². The number of aryl methyl sites for hydroxylation is 1. The summed E-state index contributed by atoms with van der Waals surface area (Å²) in [5.74, 6) is -0.202. The minimum atomic E-state index is -0.807. The van der Waals surface area contributed by atoms with Crippen molar-refractivity contribution < 1.29 is 9.90 Å². The lowest BCUT2D eigenvalue weighted by molar-refractivity contribution is -0.0670. The highest BCUT2D eigenvalue weighted by molar-refractivity contribution is 7.98. The molecule has 18 heavy (non-hydrogen) atoms. The minimum absolute atomic E-state index is 0.202. The van der Waals surface area contributed by atoms with Crippen LogP contribution in [0.3, 0.4) is 0 Å². The van der Waals surface area contributed by atoms with Gasteiger partial charge in [0.25, 0.3) is 5.91 Å². The van der Waals surface area contributed by atoms with Gasteiger partial charge in [-0.2, -0.15) is 4.98 Å². The molecule has 2 rings (SSSR count). The van der Waals surface area contributed by atoms with Crippen molar-refractivity contribution in [2.24, 2.45) is 0 Å². The topological polar surface area (TPSA) is 86.3 Å². The summed E-state index contributed by atoms with van der Waals surface area (Å²) in [5.41, 5.74) is -0.337. The number of H-pyrrole nitrogens is 1. The van der Waals surface area contributed by atoms with E-state index in [0.29, 0.717) is 29.4 Å². The van der Waals surface area contributed by atoms with Crippen molar-refractivity contribution in [2.45, 2.75) is 24.5 Å². The molecule has 1 aliphatic rings. The van der Waals surface area contributed by atoms with Crippen molar-refractivity contribution in [3.8, 4) is 0 Å². The summed E-state index contributed by atoms with van der Waals surface area (Å²) in [6, 6.07) is 0. The second-order valence-electron chi connectivity index (χ2n) is 4.71. The monoisotopic (exact) mass is 269 g/mol. The Kier molecular flexibility index (Phi) is 3.20. The Morgan fingerprint density at radius 2 is 2.17 bits per heavy atom. The largest absolute Gasteiger partial charge is 0.386 e. The van der Waals surface area contributed by atoms with Gasteiger partial charge in [0.2, 0.25) is 0 Å². The van der Waals surface area contributed by atoms with E-state index in [1.807, 2.05) is 0 Å². The number of hydrogen-bond acceptors (Lipinski definition) is 5. The van der Waals surface area contributed by atoms with Gasteiger partial charge in [0.05, 0.1) is 24.3 Å². The van der Waals surface area contributed by atoms with E-state index in [-0.39, 0.29) is 5.91 Å². The molecule has 0 aliphatic carbocycles. The van der Waals surface area contributed by atoms with Crippen LogP contribution in [-0.2, 0) is 0 Å². The van der Waals surface area contributed by atoms with Gasteiger partial charge in [-0.25, -0.2) is 4.79 Å². The van der Waals surface area contributed by atoms with Crippen LogP contribution in [0.1, 0.15) is 23.0 Å². The lowest BCUT2D eigenvalue weighted by atomic mass is 9.96. The number of nitrogens with zero attached hydrogens (tertiary/aromatic N) is 2. The normalized spacial score (nSPS) is 17.4. The van der Waals surface area contributed by atoms with E-state index in [0.717, 1.165) is 0 Å². The van der Waals surface area contributed by atoms with Gasteiger partial charge in [-0.05, 0) is 20.1 Å². The number of carbonyl (C=O) groups excluding carboxylic acids is 1. The van der Waals surface area contributed by atoms with Crippen molar-refractivity contribution in [2.75, 3.05) is 19.3 Å². The van der Waals surface area contributed by atoms with E-state index >= 15 is 0 Å². The number of likely N-dealkylation sites (tertiary alicyclic amines) is 1. The molecule has 7 heteroatoms. The summed E-state index contributed by atoms with van der Waals surface area (Å²) in [6.45, 7) is 3.97. The zero-order valence-electron chi connectivity index (χ0n) is 10.5. The third-order valence-corrected chi connectivity index (χ3v) is 3.53. The molecule has 1 fully saturated rings. The highest BCUT2D eigenvalue weighted by Gasteiger charge is 2.40. The molecule has 1 aliphatic heterocycles. The van der Waals surface area contributed by atoms with Crippen LogP contribution in [0.25, 0.3) is 0 Å². The Morgan fingerprint density at radius 3 is 2.67 bits per heavy atom. The quantitative estimate of drug-likeness (QED) is 0.583. The Balaban J connectivity index is 2.34. The highest BCUT2D eigenvalue weighted by atomic mass is 32.2. The number of rotatable bonds is 2. The first-order valence-corrected chi connectivity index (χ1v) is 6.73. The fraction of sp³-hybridized carbons (Fsp3) is 0.545. The summed E-state index contributed by atoms with van der Waals surface area (Å²) in [6.07, 6.45) is 1.77. The van der Waals surface area contributed by atoms with Crippen LogP contribution in [0.4, 0.5) is 0 Å². The first-order chi connectivity index (χ1) is 8.34. The van der Waals surface area contributed by atoms with Gasteiger partial charge in [-0.3, -0.25) is 4.79 Å². The second kappa shape index (κ2) is 4.40. The predicted molar refractivity (Wildman–Crippen MR) is 67.9 cm³/mol. The zero-order chi connectivity index (χ0) is 13.5. The standard InChI is InChI=1S/C11H15N3O3S/c1-6-7(8(18-3)13-10(16)12-6)9(15)14-4-11(2,17)5-14/h17H,4-5H2,1-3H3,(H,12,13,16). The molecule has 0 saturated carbocycles. The van der Waals surface area contributed by atoms with E-state index in [9.17, 15) is 14.7 Å². The summed E-state index contributed by atoms with van der Waals surface area (Å²) in [4.78, 5) is 31.4. The predicted octanol–water partition coefficient (Wildman–Crippen LogP) is 0.00702. The number of aromatic nitrogens is 2. The fourth-order valence-electron chi connectivity index (χ4n) is 2.04. The van der Waals surface area contributed by atoms with Crippen molar-refractivity contribution in [3.05, 3.63) is 21.7 Å². The Hall–Kier alpha value is -1.34. The molecule has 0 spiro atoms. The number of aliphatic hydroxyl groups is 1. The molecule has 1 amide bonds. The molecule has 1 saturated heterocycles. The maximum Gasteiger partial charge on any atom is 0.346 e. The van der Waals surface area contributed by atoms with E-state index in [4.69, 9.17) is 0 Å². The Labute approximate surface area is 108 Å². The van der Waals surface area contributed by atoms with E-state index in [2.05, 4.69) is 9.97 Å². The average Bonchev–Trinajstić information content (AvgIpc) is 2.23. The molecular formula is C11H15N3O3S. The molecule has 6 nitrogen and oxygen atoms in total. The van der Waals surface area contributed by atoms with Crippen molar-refractivity contribution in [3.63, 3.8) is 0 Å². The fourth-order valence-corrected chi connectivity index (χ4v) is 2.66. The van der Waals surface area contributed by atoms with Gasteiger partial charge in [0, 0.05) is 5.69 Å². The van der Waals surface area contributed by atoms with Gasteiger partial charge in [-0.1, -0.05) is 0 Å². The van der Waals surface area contributed by atoms with Crippen LogP contribution in [-0.4, -0.2) is 50.8 Å². The minimum Gasteiger partial charge on any atom is -0.386 e. The van der Waals surface area contributed by atoms with E-state index in [1.54, 1.807) is 25.0 Å². The maximum absolute atomic E-state index is 12.3. The second-order valence-corrected chi connectivity index (χ2v) is 5.50. The zero-order valence-corrected chi connectivity index (χ0v) is 11.3. The lowest BCUT2D eigenvalue weighted by Gasteiger charge is -2.44. The molecule has 0 unspecified atom stereocenters. The van der Waals surface area contributed by atoms with Gasteiger partial charge in [-0.15, -0.1) is 11.8 Å². The number of thioether (sulfide) groups is 1. The third kappa shape index (κ3) is 2.28. The summed E-state index contributed by atoms with van der Waals surface area (Å²) >= 11 is 1.26. The third-order valence-electron chi connectivity index (χ3n) is 2.84. The molecule has 0 bridgehead atoms. The van der Waals surface area contributed by atoms with Crippen LogP contribution in [0.5, 0.6) is 0 Å². The number of nitrogens with one attached hydrogen (secondary N) is 1. The molecule has 2 N–H and O–H groups in total. The first-order valence-electron chi connectivity index (χ1n) is 5.50. The first kappa shape index (κ1) is 13.1. The van der Waals surface area contributed by atoms with Gasteiger partial charge in [0.1, 0.15) is 5.03 Å². The molecule has 0 atom stereocenters. The van der Waals surface area contributed by atoms with Crippen molar-refractivity contribution in [1.29, 1.82) is 0 Å². The van der Waals surface area contributed by atoms with Gasteiger partial charge >= 0.3 is 5.69 Å². The van der Waals surface area contributed by atoms with Crippen LogP contribution in [0.15, 0.2) is 9.82 Å². The number of β-amino-alcohol motifs (C(OH)–C–C–N with tert-alkyl or cyclic N) is 1. The van der Waals surface area contributed by atoms with Crippen molar-refractivity contribution in [1.82, 2.24) is 14.9 Å². The summed E-state index contributed by atoms with van der Waals surface area (Å²) in [7, 11) is 0. The van der Waals surface area contributed by atoms with E-state index in [1.165, 1.54) is 11.8 Å². The SMILES string of the molecule is CSc1nc(=O)[nH]c(C)c1C(=O)N1CC(C)(O)C1. The highest BCUT2D eigenvalue weighted by Crippen LogP contribution is 2.26. The lowest BCUT2D eigenvalue weighted by Crippen LogP contribution is -2.61. The van der Waals surface area contributed by atoms with Crippen LogP contribution in [0, 0.1) is 6.92 Å². The summed E-state index contributed by atoms with van der Waals surface area (Å²) < 4.78 is 0. The van der Waals surface area contributed by atoms with Crippen LogP contribution in [0.2, 0.25) is 0 Å². The van der Waals surface area contributed by atoms with Gasteiger partial charge < -0.3 is 15.0 Å². The molecule has 1 aromatic rings. The smallest absolute Gasteiger partial charge is 0.346 e. The molecule has 1 aromatic heterocycles. The van der Waals surface area contributed by atoms with E-state index < -0.39 is 11.3 Å². The maximum atomic E-state index is 12.3. The molecule has 2 heterocycles. The number of amides is 1. The average molecular weight is 269 g/mol. The molecule has 0 radical (unpaired) electrons. The number of carbonyl (C=O) groups is 1. The van der Waals surface area contributed by atoms with Crippen LogP contribution < -0.4 is 5.69 Å². The Bertz CT molecular complexity index is 545. The number of hydrogen-bond donors (Lipinski definition) is 2. The molecule has 98 valence electrons. The molecule has 0 aromatic carbocycles.